The molecule has 2 aromatic heterocycles. The third-order valence-electron chi connectivity index (χ3n) is 4.07. The molecular weight excluding hydrogens is 301 g/mol. The van der Waals surface area contributed by atoms with E-state index in [0.29, 0.717) is 26.1 Å². The maximum Gasteiger partial charge on any atom is 0.290 e. The molecule has 2 aromatic rings. The van der Waals surface area contributed by atoms with E-state index in [1.54, 1.807) is 22.8 Å². The lowest BCUT2D eigenvalue weighted by atomic mass is 10.2. The number of carbonyl (C=O) groups excluding carboxylic acids is 1. The van der Waals surface area contributed by atoms with Gasteiger partial charge in [0.05, 0.1) is 6.20 Å². The average Bonchev–Trinajstić information content (AvgIpc) is 3.22. The topological polar surface area (TPSA) is 82.9 Å². The number of carbonyl (C=O) groups is 1. The minimum absolute atomic E-state index is 0.0259. The van der Waals surface area contributed by atoms with Gasteiger partial charge in [-0.3, -0.25) is 19.5 Å². The maximum atomic E-state index is 13.9. The number of halogens is 1. The van der Waals surface area contributed by atoms with E-state index in [-0.39, 0.29) is 17.8 Å². The highest BCUT2D eigenvalue weighted by Crippen LogP contribution is 2.23. The zero-order valence-corrected chi connectivity index (χ0v) is 13.2. The highest BCUT2D eigenvalue weighted by Gasteiger charge is 2.34. The molecule has 1 fully saturated rings. The smallest absolute Gasteiger partial charge is 0.290 e. The van der Waals surface area contributed by atoms with Crippen molar-refractivity contribution in [2.24, 2.45) is 7.05 Å². The lowest BCUT2D eigenvalue weighted by Gasteiger charge is -2.27. The molecule has 9 heteroatoms. The number of aryl methyl sites for hydroxylation is 1. The normalized spacial score (nSPS) is 21.7. The van der Waals surface area contributed by atoms with Gasteiger partial charge in [-0.2, -0.15) is 10.2 Å². The number of nitrogens with one attached hydrogen (secondary N) is 1. The molecule has 2 atom stereocenters. The van der Waals surface area contributed by atoms with Crippen molar-refractivity contribution >= 4 is 5.91 Å². The van der Waals surface area contributed by atoms with Crippen molar-refractivity contribution in [3.8, 4) is 0 Å². The number of H-pyrrole nitrogens is 1. The number of aromatic amines is 1. The number of aromatic nitrogens is 5. The zero-order chi connectivity index (χ0) is 16.4. The van der Waals surface area contributed by atoms with Gasteiger partial charge in [0.2, 0.25) is 5.82 Å². The minimum atomic E-state index is -0.870. The van der Waals surface area contributed by atoms with Gasteiger partial charge < -0.3 is 4.90 Å². The van der Waals surface area contributed by atoms with Gasteiger partial charge in [-0.15, -0.1) is 0 Å². The van der Waals surface area contributed by atoms with Crippen LogP contribution in [-0.4, -0.2) is 73.0 Å². The minimum Gasteiger partial charge on any atom is -0.337 e. The molecular formula is C14H20FN7O. The Morgan fingerprint density at radius 1 is 1.57 bits per heavy atom. The van der Waals surface area contributed by atoms with Crippen LogP contribution in [0.15, 0.2) is 18.7 Å². The van der Waals surface area contributed by atoms with Crippen molar-refractivity contribution in [1.29, 1.82) is 0 Å². The largest absolute Gasteiger partial charge is 0.337 e. The van der Waals surface area contributed by atoms with Gasteiger partial charge in [0, 0.05) is 51.5 Å². The summed E-state index contributed by atoms with van der Waals surface area (Å²) < 4.78 is 15.6. The summed E-state index contributed by atoms with van der Waals surface area (Å²) in [6.07, 6.45) is 4.56. The molecule has 0 bridgehead atoms. The summed E-state index contributed by atoms with van der Waals surface area (Å²) >= 11 is 0. The predicted octanol–water partition coefficient (Wildman–Crippen LogP) is 0.223. The third kappa shape index (κ3) is 3.55. The van der Waals surface area contributed by atoms with Crippen LogP contribution in [0.25, 0.3) is 0 Å². The lowest BCUT2D eigenvalue weighted by Crippen LogP contribution is -2.41. The van der Waals surface area contributed by atoms with E-state index < -0.39 is 6.17 Å². The number of hydrogen-bond acceptors (Lipinski definition) is 5. The molecule has 0 saturated carbocycles. The average molecular weight is 321 g/mol. The van der Waals surface area contributed by atoms with Crippen LogP contribution in [0.4, 0.5) is 4.39 Å². The van der Waals surface area contributed by atoms with Crippen molar-refractivity contribution in [1.82, 2.24) is 34.8 Å². The van der Waals surface area contributed by atoms with Crippen LogP contribution in [0, 0.1) is 0 Å². The van der Waals surface area contributed by atoms with Gasteiger partial charge in [-0.1, -0.05) is 0 Å². The van der Waals surface area contributed by atoms with Crippen LogP contribution in [-0.2, 0) is 13.6 Å². The van der Waals surface area contributed by atoms with Crippen LogP contribution in [0.2, 0.25) is 0 Å². The molecule has 1 aliphatic heterocycles. The maximum absolute atomic E-state index is 13.9. The Morgan fingerprint density at radius 2 is 2.39 bits per heavy atom. The molecule has 1 aliphatic rings. The Balaban J connectivity index is 1.63. The fourth-order valence-electron chi connectivity index (χ4n) is 2.98. The summed E-state index contributed by atoms with van der Waals surface area (Å²) in [5, 5.41) is 10.4. The summed E-state index contributed by atoms with van der Waals surface area (Å²) in [5.41, 5.74) is 1.04. The van der Waals surface area contributed by atoms with Gasteiger partial charge in [-0.05, 0) is 6.42 Å². The van der Waals surface area contributed by atoms with Crippen molar-refractivity contribution in [3.05, 3.63) is 30.1 Å². The highest BCUT2D eigenvalue weighted by molar-refractivity contribution is 5.90. The summed E-state index contributed by atoms with van der Waals surface area (Å²) in [6.45, 7) is 1.45. The Morgan fingerprint density at radius 3 is 3.04 bits per heavy atom. The summed E-state index contributed by atoms with van der Waals surface area (Å²) in [5.74, 6) is -0.0489. The number of hydrogen-bond donors (Lipinski definition) is 1. The van der Waals surface area contributed by atoms with Crippen molar-refractivity contribution in [2.45, 2.75) is 25.2 Å². The second kappa shape index (κ2) is 6.45. The molecule has 1 N–H and O–H groups in total. The predicted molar refractivity (Wildman–Crippen MR) is 80.3 cm³/mol. The summed E-state index contributed by atoms with van der Waals surface area (Å²) in [7, 11) is 3.55. The van der Waals surface area contributed by atoms with Crippen LogP contribution in [0.1, 0.15) is 22.6 Å². The van der Waals surface area contributed by atoms with Crippen molar-refractivity contribution in [2.75, 3.05) is 20.1 Å². The number of amides is 1. The third-order valence-corrected chi connectivity index (χ3v) is 4.07. The lowest BCUT2D eigenvalue weighted by molar-refractivity contribution is 0.0738. The van der Waals surface area contributed by atoms with Crippen molar-refractivity contribution in [3.63, 3.8) is 0 Å². The molecule has 3 rings (SSSR count). The van der Waals surface area contributed by atoms with Gasteiger partial charge in [0.15, 0.2) is 0 Å². The molecule has 0 radical (unpaired) electrons. The van der Waals surface area contributed by atoms with E-state index in [1.165, 1.54) is 6.33 Å². The van der Waals surface area contributed by atoms with E-state index in [2.05, 4.69) is 25.2 Å². The highest BCUT2D eigenvalue weighted by atomic mass is 19.1. The van der Waals surface area contributed by atoms with E-state index in [9.17, 15) is 9.18 Å². The fourth-order valence-corrected chi connectivity index (χ4v) is 2.98. The van der Waals surface area contributed by atoms with Gasteiger partial charge >= 0.3 is 0 Å². The van der Waals surface area contributed by atoms with Gasteiger partial charge in [0.25, 0.3) is 5.91 Å². The number of likely N-dealkylation sites (N-methyl/N-ethyl adjacent to an activating group) is 1. The molecule has 23 heavy (non-hydrogen) atoms. The van der Waals surface area contributed by atoms with Crippen LogP contribution < -0.4 is 0 Å². The summed E-state index contributed by atoms with van der Waals surface area (Å²) in [4.78, 5) is 19.7. The Labute approximate surface area is 133 Å². The molecule has 1 amide bonds. The molecule has 0 unspecified atom stereocenters. The second-order valence-electron chi connectivity index (χ2n) is 5.96. The first-order valence-corrected chi connectivity index (χ1v) is 7.49. The van der Waals surface area contributed by atoms with Crippen LogP contribution in [0.5, 0.6) is 0 Å². The first-order chi connectivity index (χ1) is 11.0. The van der Waals surface area contributed by atoms with E-state index >= 15 is 0 Å². The SMILES string of the molecule is CN(C[C@@H]1C[C@H](F)CN1Cc1cnn(C)c1)C(=O)c1ncn[nH]1. The number of nitrogens with zero attached hydrogens (tertiary/aromatic N) is 6. The van der Waals surface area contributed by atoms with Crippen LogP contribution in [0.3, 0.4) is 0 Å². The first-order valence-electron chi connectivity index (χ1n) is 7.49. The second-order valence-corrected chi connectivity index (χ2v) is 5.96. The molecule has 0 spiro atoms. The molecule has 1 saturated heterocycles. The zero-order valence-electron chi connectivity index (χ0n) is 13.2. The van der Waals surface area contributed by atoms with Crippen molar-refractivity contribution < 1.29 is 9.18 Å². The standard InChI is InChI=1S/C14H20FN7O/c1-20(14(23)13-16-9-17-19-13)8-12-3-11(15)7-22(12)6-10-4-18-21(2)5-10/h4-5,9,11-12H,3,6-8H2,1-2H3,(H,16,17,19)/t11-,12-/m0/s1. The van der Waals surface area contributed by atoms with E-state index in [1.807, 2.05) is 13.2 Å². The first kappa shape index (κ1) is 15.6. The van der Waals surface area contributed by atoms with E-state index in [0.717, 1.165) is 5.56 Å². The molecule has 0 aromatic carbocycles. The Bertz CT molecular complexity index is 656. The monoisotopic (exact) mass is 321 g/mol. The number of likely N-dealkylation sites (tertiary alicyclic amines) is 1. The quantitative estimate of drug-likeness (QED) is 0.852. The fraction of sp³-hybridized carbons (Fsp3) is 0.571. The van der Waals surface area contributed by atoms with Gasteiger partial charge in [-0.25, -0.2) is 9.37 Å². The van der Waals surface area contributed by atoms with E-state index in [4.69, 9.17) is 0 Å². The number of rotatable bonds is 5. The molecule has 8 nitrogen and oxygen atoms in total. The summed E-state index contributed by atoms with van der Waals surface area (Å²) in [6, 6.07) is -0.0259. The Hall–Kier alpha value is -2.29. The molecule has 124 valence electrons. The number of alkyl halides is 1. The molecule has 3 heterocycles. The van der Waals surface area contributed by atoms with Gasteiger partial charge in [0.1, 0.15) is 12.5 Å². The van der Waals surface area contributed by atoms with Crippen LogP contribution >= 0.6 is 0 Å². The molecule has 0 aliphatic carbocycles. The Kier molecular flexibility index (Phi) is 4.37.